The third-order valence-electron chi connectivity index (χ3n) is 6.41. The predicted octanol–water partition coefficient (Wildman–Crippen LogP) is 3.11. The van der Waals surface area contributed by atoms with Gasteiger partial charge in [0, 0.05) is 19.1 Å². The molecule has 27 heavy (non-hydrogen) atoms. The van der Waals surface area contributed by atoms with Crippen LogP contribution in [0.4, 0.5) is 0 Å². The molecule has 0 saturated carbocycles. The maximum Gasteiger partial charge on any atom is 0.229 e. The molecule has 1 amide bonds. The molecule has 148 valence electrons. The topological polar surface area (TPSA) is 42.0 Å². The SMILES string of the molecule is COc1cccc2c1OC[C@H](C(=O)N1CCCC[C@H]1CCN1CCCC1)C2. The van der Waals surface area contributed by atoms with E-state index in [9.17, 15) is 4.79 Å². The number of ether oxygens (including phenoxy) is 2. The smallest absolute Gasteiger partial charge is 0.229 e. The highest BCUT2D eigenvalue weighted by Crippen LogP contribution is 2.37. The van der Waals surface area contributed by atoms with Gasteiger partial charge in [-0.3, -0.25) is 4.79 Å². The highest BCUT2D eigenvalue weighted by molar-refractivity contribution is 5.80. The van der Waals surface area contributed by atoms with Crippen LogP contribution in [-0.4, -0.2) is 61.6 Å². The van der Waals surface area contributed by atoms with Gasteiger partial charge < -0.3 is 19.3 Å². The number of piperidine rings is 1. The van der Waals surface area contributed by atoms with Crippen molar-refractivity contribution in [3.8, 4) is 11.5 Å². The molecule has 0 radical (unpaired) electrons. The van der Waals surface area contributed by atoms with E-state index in [1.807, 2.05) is 12.1 Å². The Labute approximate surface area is 162 Å². The van der Waals surface area contributed by atoms with Gasteiger partial charge in [0.2, 0.25) is 5.91 Å². The first-order chi connectivity index (χ1) is 13.3. The molecule has 0 aliphatic carbocycles. The number of rotatable bonds is 5. The summed E-state index contributed by atoms with van der Waals surface area (Å²) in [6, 6.07) is 6.35. The van der Waals surface area contributed by atoms with E-state index < -0.39 is 0 Å². The van der Waals surface area contributed by atoms with Gasteiger partial charge in [0.05, 0.1) is 13.0 Å². The first-order valence-electron chi connectivity index (χ1n) is 10.6. The standard InChI is InChI=1S/C22H32N2O3/c1-26-20-9-6-7-17-15-18(16-27-21(17)20)22(25)24-13-3-2-8-19(24)10-14-23-11-4-5-12-23/h6-7,9,18-19H,2-5,8,10-16H2,1H3/t18-,19+/m1/s1. The van der Waals surface area contributed by atoms with Gasteiger partial charge in [-0.25, -0.2) is 0 Å². The summed E-state index contributed by atoms with van der Waals surface area (Å²) in [5.74, 6) is 1.79. The molecule has 1 aromatic carbocycles. The minimum atomic E-state index is -0.0722. The molecule has 4 rings (SSSR count). The molecule has 0 aromatic heterocycles. The van der Waals surface area contributed by atoms with E-state index in [-0.39, 0.29) is 11.8 Å². The van der Waals surface area contributed by atoms with Gasteiger partial charge in [-0.2, -0.15) is 0 Å². The van der Waals surface area contributed by atoms with Crippen molar-refractivity contribution in [2.75, 3.05) is 39.9 Å². The van der Waals surface area contributed by atoms with E-state index in [0.29, 0.717) is 12.6 Å². The van der Waals surface area contributed by atoms with Crippen LogP contribution in [0.2, 0.25) is 0 Å². The van der Waals surface area contributed by atoms with Gasteiger partial charge >= 0.3 is 0 Å². The third kappa shape index (κ3) is 4.08. The zero-order valence-electron chi connectivity index (χ0n) is 16.5. The van der Waals surface area contributed by atoms with E-state index in [1.165, 1.54) is 32.4 Å². The number of benzene rings is 1. The lowest BCUT2D eigenvalue weighted by Gasteiger charge is -2.39. The summed E-state index contributed by atoms with van der Waals surface area (Å²) in [7, 11) is 1.66. The number of carbonyl (C=O) groups excluding carboxylic acids is 1. The Bertz CT molecular complexity index is 657. The summed E-state index contributed by atoms with van der Waals surface area (Å²) in [4.78, 5) is 18.1. The number of amides is 1. The average molecular weight is 373 g/mol. The number of likely N-dealkylation sites (tertiary alicyclic amines) is 2. The highest BCUT2D eigenvalue weighted by atomic mass is 16.5. The molecule has 2 atom stereocenters. The van der Waals surface area contributed by atoms with Crippen molar-refractivity contribution in [2.45, 2.75) is 51.0 Å². The predicted molar refractivity (Wildman–Crippen MR) is 105 cm³/mol. The van der Waals surface area contributed by atoms with Crippen LogP contribution in [-0.2, 0) is 11.2 Å². The molecule has 3 aliphatic heterocycles. The van der Waals surface area contributed by atoms with Crippen molar-refractivity contribution >= 4 is 5.91 Å². The minimum absolute atomic E-state index is 0.0722. The fraction of sp³-hybridized carbons (Fsp3) is 0.682. The van der Waals surface area contributed by atoms with Gasteiger partial charge in [-0.05, 0) is 69.7 Å². The van der Waals surface area contributed by atoms with E-state index in [2.05, 4.69) is 15.9 Å². The normalized spacial score (nSPS) is 25.7. The second-order valence-corrected chi connectivity index (χ2v) is 8.18. The summed E-state index contributed by atoms with van der Waals surface area (Å²) in [6.45, 7) is 4.97. The second-order valence-electron chi connectivity index (χ2n) is 8.18. The van der Waals surface area contributed by atoms with Crippen molar-refractivity contribution in [1.82, 2.24) is 9.80 Å². The van der Waals surface area contributed by atoms with Crippen molar-refractivity contribution < 1.29 is 14.3 Å². The van der Waals surface area contributed by atoms with Crippen molar-refractivity contribution in [1.29, 1.82) is 0 Å². The molecule has 0 N–H and O–H groups in total. The lowest BCUT2D eigenvalue weighted by Crippen LogP contribution is -2.49. The van der Waals surface area contributed by atoms with E-state index >= 15 is 0 Å². The second kappa shape index (κ2) is 8.51. The number of nitrogens with zero attached hydrogens (tertiary/aromatic N) is 2. The minimum Gasteiger partial charge on any atom is -0.493 e. The molecule has 2 fully saturated rings. The number of hydrogen-bond donors (Lipinski definition) is 0. The maximum absolute atomic E-state index is 13.3. The van der Waals surface area contributed by atoms with Crippen LogP contribution in [0.25, 0.3) is 0 Å². The van der Waals surface area contributed by atoms with Crippen molar-refractivity contribution in [3.05, 3.63) is 23.8 Å². The maximum atomic E-state index is 13.3. The molecular weight excluding hydrogens is 340 g/mol. The lowest BCUT2D eigenvalue weighted by molar-refractivity contribution is -0.141. The van der Waals surface area contributed by atoms with Gasteiger partial charge in [-0.1, -0.05) is 12.1 Å². The molecule has 3 heterocycles. The molecule has 3 aliphatic rings. The van der Waals surface area contributed by atoms with Crippen LogP contribution in [0, 0.1) is 5.92 Å². The Hall–Kier alpha value is -1.75. The number of carbonyl (C=O) groups is 1. The van der Waals surface area contributed by atoms with E-state index in [1.54, 1.807) is 7.11 Å². The van der Waals surface area contributed by atoms with Crippen molar-refractivity contribution in [3.63, 3.8) is 0 Å². The van der Waals surface area contributed by atoms with Crippen LogP contribution >= 0.6 is 0 Å². The summed E-state index contributed by atoms with van der Waals surface area (Å²) < 4.78 is 11.4. The quantitative estimate of drug-likeness (QED) is 0.796. The fourth-order valence-electron chi connectivity index (χ4n) is 4.88. The van der Waals surface area contributed by atoms with Crippen LogP contribution in [0.3, 0.4) is 0 Å². The van der Waals surface area contributed by atoms with Gasteiger partial charge in [0.1, 0.15) is 6.61 Å². The molecule has 5 heteroatoms. The monoisotopic (exact) mass is 372 g/mol. The largest absolute Gasteiger partial charge is 0.493 e. The van der Waals surface area contributed by atoms with Crippen LogP contribution < -0.4 is 9.47 Å². The van der Waals surface area contributed by atoms with E-state index in [0.717, 1.165) is 55.8 Å². The summed E-state index contributed by atoms with van der Waals surface area (Å²) in [6.07, 6.45) is 8.05. The zero-order chi connectivity index (χ0) is 18.6. The van der Waals surface area contributed by atoms with E-state index in [4.69, 9.17) is 9.47 Å². The Morgan fingerprint density at radius 3 is 2.81 bits per heavy atom. The number of hydrogen-bond acceptors (Lipinski definition) is 4. The Morgan fingerprint density at radius 2 is 2.00 bits per heavy atom. The molecule has 2 saturated heterocycles. The molecule has 0 unspecified atom stereocenters. The first kappa shape index (κ1) is 18.6. The Kier molecular flexibility index (Phi) is 5.86. The first-order valence-corrected chi connectivity index (χ1v) is 10.6. The summed E-state index contributed by atoms with van der Waals surface area (Å²) >= 11 is 0. The summed E-state index contributed by atoms with van der Waals surface area (Å²) in [5.41, 5.74) is 1.09. The van der Waals surface area contributed by atoms with Crippen LogP contribution in [0.15, 0.2) is 18.2 Å². The van der Waals surface area contributed by atoms with Gasteiger partial charge in [0.15, 0.2) is 11.5 Å². The van der Waals surface area contributed by atoms with Crippen molar-refractivity contribution in [2.24, 2.45) is 5.92 Å². The Balaban J connectivity index is 1.40. The molecule has 0 bridgehead atoms. The van der Waals surface area contributed by atoms with Gasteiger partial charge in [-0.15, -0.1) is 0 Å². The zero-order valence-corrected chi connectivity index (χ0v) is 16.5. The average Bonchev–Trinajstić information content (AvgIpc) is 3.24. The lowest BCUT2D eigenvalue weighted by atomic mass is 9.92. The number of methoxy groups -OCH3 is 1. The molecular formula is C22H32N2O3. The molecule has 5 nitrogen and oxygen atoms in total. The third-order valence-corrected chi connectivity index (χ3v) is 6.41. The highest BCUT2D eigenvalue weighted by Gasteiger charge is 2.35. The molecule has 1 aromatic rings. The number of para-hydroxylation sites is 1. The number of fused-ring (bicyclic) bond motifs is 1. The van der Waals surface area contributed by atoms with Gasteiger partial charge in [0.25, 0.3) is 0 Å². The molecule has 0 spiro atoms. The summed E-state index contributed by atoms with van der Waals surface area (Å²) in [5, 5.41) is 0. The fourth-order valence-corrected chi connectivity index (χ4v) is 4.88. The van der Waals surface area contributed by atoms with Crippen LogP contribution in [0.5, 0.6) is 11.5 Å². The Morgan fingerprint density at radius 1 is 1.19 bits per heavy atom. The van der Waals surface area contributed by atoms with Crippen LogP contribution in [0.1, 0.15) is 44.1 Å².